The lowest BCUT2D eigenvalue weighted by Gasteiger charge is -2.04. The molecular formula is C17H16N6O2S2. The summed E-state index contributed by atoms with van der Waals surface area (Å²) in [5, 5.41) is 12.3. The van der Waals surface area contributed by atoms with E-state index in [1.807, 2.05) is 30.3 Å². The second-order valence-electron chi connectivity index (χ2n) is 5.91. The Labute approximate surface area is 161 Å². The zero-order valence-electron chi connectivity index (χ0n) is 14.5. The van der Waals surface area contributed by atoms with Gasteiger partial charge in [-0.3, -0.25) is 9.36 Å². The zero-order chi connectivity index (χ0) is 18.8. The number of H-pyrrole nitrogens is 1. The van der Waals surface area contributed by atoms with E-state index in [-0.39, 0.29) is 11.2 Å². The standard InChI is InChI=1S/C17H16N6O2S2/c1-11-9-14(24)23-16(18-11)27-13(21-23)10-26-17-20-19-15(25)22(17)8-7-12-5-3-2-4-6-12/h2-6,9H,7-8,10H2,1H3,(H,19,25). The molecule has 0 saturated heterocycles. The number of hydrogen-bond acceptors (Lipinski definition) is 7. The van der Waals surface area contributed by atoms with Crippen LogP contribution in [-0.4, -0.2) is 29.4 Å². The third-order valence-electron chi connectivity index (χ3n) is 3.93. The zero-order valence-corrected chi connectivity index (χ0v) is 16.1. The van der Waals surface area contributed by atoms with Crippen LogP contribution in [0.25, 0.3) is 4.96 Å². The summed E-state index contributed by atoms with van der Waals surface area (Å²) in [6.07, 6.45) is 0.744. The maximum Gasteiger partial charge on any atom is 0.343 e. The van der Waals surface area contributed by atoms with E-state index in [9.17, 15) is 9.59 Å². The van der Waals surface area contributed by atoms with Crippen LogP contribution < -0.4 is 11.2 Å². The average Bonchev–Trinajstić information content (AvgIpc) is 3.22. The fraction of sp³-hybridized carbons (Fsp3) is 0.235. The molecule has 3 heterocycles. The summed E-state index contributed by atoms with van der Waals surface area (Å²) >= 11 is 2.77. The van der Waals surface area contributed by atoms with E-state index in [1.165, 1.54) is 33.7 Å². The van der Waals surface area contributed by atoms with Gasteiger partial charge in [0, 0.05) is 18.3 Å². The van der Waals surface area contributed by atoms with E-state index in [4.69, 9.17) is 0 Å². The lowest BCUT2D eigenvalue weighted by atomic mass is 10.1. The van der Waals surface area contributed by atoms with Crippen molar-refractivity contribution < 1.29 is 0 Å². The van der Waals surface area contributed by atoms with Gasteiger partial charge in [0.25, 0.3) is 5.56 Å². The van der Waals surface area contributed by atoms with Crippen molar-refractivity contribution in [2.45, 2.75) is 30.8 Å². The second kappa shape index (κ2) is 7.49. The Kier molecular flexibility index (Phi) is 4.90. The lowest BCUT2D eigenvalue weighted by molar-refractivity contribution is 0.616. The molecule has 0 aliphatic rings. The number of thioether (sulfide) groups is 1. The fourth-order valence-electron chi connectivity index (χ4n) is 2.64. The predicted molar refractivity (Wildman–Crippen MR) is 104 cm³/mol. The number of rotatable bonds is 6. The SMILES string of the molecule is Cc1cc(=O)n2nc(CSc3n[nH]c(=O)n3CCc3ccccc3)sc2n1. The Morgan fingerprint density at radius 1 is 1.22 bits per heavy atom. The molecule has 0 amide bonds. The van der Waals surface area contributed by atoms with Crippen molar-refractivity contribution >= 4 is 28.1 Å². The van der Waals surface area contributed by atoms with Gasteiger partial charge in [-0.25, -0.2) is 14.9 Å². The smallest absolute Gasteiger partial charge is 0.270 e. The van der Waals surface area contributed by atoms with Crippen molar-refractivity contribution in [2.75, 3.05) is 0 Å². The normalized spacial score (nSPS) is 11.3. The summed E-state index contributed by atoms with van der Waals surface area (Å²) < 4.78 is 2.93. The molecule has 4 aromatic rings. The minimum absolute atomic E-state index is 0.190. The third kappa shape index (κ3) is 3.86. The van der Waals surface area contributed by atoms with Gasteiger partial charge in [-0.1, -0.05) is 53.4 Å². The van der Waals surface area contributed by atoms with Gasteiger partial charge in [-0.05, 0) is 18.9 Å². The summed E-state index contributed by atoms with van der Waals surface area (Å²) in [5.41, 5.74) is 1.41. The number of aryl methyl sites for hydroxylation is 2. The molecule has 8 nitrogen and oxygen atoms in total. The van der Waals surface area contributed by atoms with Gasteiger partial charge in [0.2, 0.25) is 4.96 Å². The highest BCUT2D eigenvalue weighted by atomic mass is 32.2. The molecule has 4 rings (SSSR count). The highest BCUT2D eigenvalue weighted by molar-refractivity contribution is 7.98. The number of hydrogen-bond donors (Lipinski definition) is 1. The van der Waals surface area contributed by atoms with Crippen molar-refractivity contribution in [2.24, 2.45) is 0 Å². The molecule has 138 valence electrons. The van der Waals surface area contributed by atoms with Gasteiger partial charge in [-0.2, -0.15) is 9.61 Å². The van der Waals surface area contributed by atoms with E-state index in [0.717, 1.165) is 17.0 Å². The molecule has 0 saturated carbocycles. The summed E-state index contributed by atoms with van der Waals surface area (Å²) in [6, 6.07) is 11.5. The van der Waals surface area contributed by atoms with E-state index < -0.39 is 0 Å². The molecule has 0 aliphatic carbocycles. The molecule has 0 radical (unpaired) electrons. The van der Waals surface area contributed by atoms with Gasteiger partial charge in [-0.15, -0.1) is 5.10 Å². The number of aromatic amines is 1. The quantitative estimate of drug-likeness (QED) is 0.496. The minimum Gasteiger partial charge on any atom is -0.270 e. The Bertz CT molecular complexity index is 1190. The van der Waals surface area contributed by atoms with Gasteiger partial charge in [0.15, 0.2) is 5.16 Å². The van der Waals surface area contributed by atoms with Crippen molar-refractivity contribution in [3.8, 4) is 0 Å². The van der Waals surface area contributed by atoms with E-state index in [2.05, 4.69) is 20.3 Å². The van der Waals surface area contributed by atoms with E-state index in [1.54, 1.807) is 11.5 Å². The summed E-state index contributed by atoms with van der Waals surface area (Å²) in [4.78, 5) is 28.9. The van der Waals surface area contributed by atoms with Crippen molar-refractivity contribution in [3.63, 3.8) is 0 Å². The van der Waals surface area contributed by atoms with Crippen molar-refractivity contribution in [1.29, 1.82) is 0 Å². The predicted octanol–water partition coefficient (Wildman–Crippen LogP) is 1.88. The number of benzene rings is 1. The first-order valence-corrected chi connectivity index (χ1v) is 10.1. The fourth-order valence-corrected chi connectivity index (χ4v) is 4.54. The van der Waals surface area contributed by atoms with Crippen LogP contribution in [0.3, 0.4) is 0 Å². The monoisotopic (exact) mass is 400 g/mol. The number of fused-ring (bicyclic) bond motifs is 1. The first-order valence-electron chi connectivity index (χ1n) is 8.28. The number of nitrogens with one attached hydrogen (secondary N) is 1. The molecule has 0 spiro atoms. The van der Waals surface area contributed by atoms with Crippen LogP contribution in [0.5, 0.6) is 0 Å². The van der Waals surface area contributed by atoms with Gasteiger partial charge in [0.05, 0.1) is 5.75 Å². The van der Waals surface area contributed by atoms with Crippen LogP contribution in [0.1, 0.15) is 16.3 Å². The Morgan fingerprint density at radius 3 is 2.85 bits per heavy atom. The van der Waals surface area contributed by atoms with Crippen LogP contribution in [0.2, 0.25) is 0 Å². The molecule has 0 unspecified atom stereocenters. The topological polar surface area (TPSA) is 97.9 Å². The maximum absolute atomic E-state index is 12.1. The van der Waals surface area contributed by atoms with Crippen LogP contribution in [0.4, 0.5) is 0 Å². The largest absolute Gasteiger partial charge is 0.343 e. The van der Waals surface area contributed by atoms with Crippen LogP contribution >= 0.6 is 23.1 Å². The summed E-state index contributed by atoms with van der Waals surface area (Å²) in [5.74, 6) is 0.502. The first kappa shape index (κ1) is 17.7. The molecule has 0 atom stereocenters. The molecule has 0 fully saturated rings. The van der Waals surface area contributed by atoms with Crippen LogP contribution in [-0.2, 0) is 18.7 Å². The highest BCUT2D eigenvalue weighted by Gasteiger charge is 2.12. The summed E-state index contributed by atoms with van der Waals surface area (Å²) in [6.45, 7) is 2.33. The van der Waals surface area contributed by atoms with Crippen LogP contribution in [0.15, 0.2) is 51.1 Å². The minimum atomic E-state index is -0.230. The van der Waals surface area contributed by atoms with Gasteiger partial charge < -0.3 is 0 Å². The highest BCUT2D eigenvalue weighted by Crippen LogP contribution is 2.22. The lowest BCUT2D eigenvalue weighted by Crippen LogP contribution is -2.18. The third-order valence-corrected chi connectivity index (χ3v) is 6.01. The van der Waals surface area contributed by atoms with Gasteiger partial charge in [0.1, 0.15) is 5.01 Å². The first-order chi connectivity index (χ1) is 13.1. The average molecular weight is 400 g/mol. The second-order valence-corrected chi connectivity index (χ2v) is 7.90. The Morgan fingerprint density at radius 2 is 2.04 bits per heavy atom. The molecule has 0 bridgehead atoms. The molecule has 0 aliphatic heterocycles. The Hall–Kier alpha value is -2.72. The van der Waals surface area contributed by atoms with Crippen LogP contribution in [0, 0.1) is 6.92 Å². The molecule has 10 heteroatoms. The van der Waals surface area contributed by atoms with Crippen molar-refractivity contribution in [3.05, 3.63) is 73.5 Å². The van der Waals surface area contributed by atoms with E-state index >= 15 is 0 Å². The van der Waals surface area contributed by atoms with Crippen molar-refractivity contribution in [1.82, 2.24) is 29.4 Å². The van der Waals surface area contributed by atoms with E-state index in [0.29, 0.717) is 28.1 Å². The number of nitrogens with zero attached hydrogens (tertiary/aromatic N) is 5. The molecule has 1 N–H and O–H groups in total. The summed E-state index contributed by atoms with van der Waals surface area (Å²) in [7, 11) is 0. The molecule has 1 aromatic carbocycles. The number of aromatic nitrogens is 6. The van der Waals surface area contributed by atoms with Gasteiger partial charge >= 0.3 is 5.69 Å². The Balaban J connectivity index is 1.50. The molecule has 3 aromatic heterocycles. The molecular weight excluding hydrogens is 384 g/mol. The maximum atomic E-state index is 12.1. The molecule has 27 heavy (non-hydrogen) atoms.